The van der Waals surface area contributed by atoms with Gasteiger partial charge in [0.05, 0.1) is 0 Å². The molecule has 0 aromatic carbocycles. The quantitative estimate of drug-likeness (QED) is 0.712. The van der Waals surface area contributed by atoms with E-state index >= 15 is 0 Å². The monoisotopic (exact) mass is 277 g/mol. The van der Waals surface area contributed by atoms with E-state index < -0.39 is 5.67 Å². The second kappa shape index (κ2) is 6.21. The molecule has 0 aromatic heterocycles. The lowest BCUT2D eigenvalue weighted by Crippen LogP contribution is -2.21. The highest BCUT2D eigenvalue weighted by molar-refractivity contribution is 5.97. The van der Waals surface area contributed by atoms with Crippen LogP contribution in [0.4, 0.5) is 4.39 Å². The maximum atomic E-state index is 14.0. The molecule has 0 spiro atoms. The lowest BCUT2D eigenvalue weighted by molar-refractivity contribution is -0.124. The fourth-order valence-corrected chi connectivity index (χ4v) is 2.21. The summed E-state index contributed by atoms with van der Waals surface area (Å²) in [5.41, 5.74) is 2.06. The Labute approximate surface area is 121 Å². The predicted octanol–water partition coefficient (Wildman–Crippen LogP) is 3.97. The van der Waals surface area contributed by atoms with Crippen molar-refractivity contribution in [1.29, 1.82) is 0 Å². The summed E-state index contributed by atoms with van der Waals surface area (Å²) < 4.78 is 14.0. The molecule has 1 amide bonds. The molecule has 1 rings (SSSR count). The molecule has 3 heteroatoms. The number of alkyl halides is 1. The molecule has 0 aliphatic carbocycles. The number of halogens is 1. The molecule has 0 unspecified atom stereocenters. The van der Waals surface area contributed by atoms with Crippen LogP contribution in [0.2, 0.25) is 0 Å². The average Bonchev–Trinajstić information content (AvgIpc) is 2.60. The van der Waals surface area contributed by atoms with E-state index in [9.17, 15) is 9.18 Å². The third-order valence-corrected chi connectivity index (χ3v) is 3.54. The average molecular weight is 277 g/mol. The summed E-state index contributed by atoms with van der Waals surface area (Å²) in [6, 6.07) is 0. The van der Waals surface area contributed by atoms with E-state index in [0.717, 1.165) is 16.7 Å². The SMILES string of the molecule is C\C=C/C(=C\C=C(/C)C1=C(C)C(=O)N(C)C1)C(C)(C)F. The van der Waals surface area contributed by atoms with Crippen LogP contribution in [0.5, 0.6) is 0 Å². The summed E-state index contributed by atoms with van der Waals surface area (Å²) in [4.78, 5) is 13.5. The molecular weight excluding hydrogens is 253 g/mol. The number of allylic oxidation sites excluding steroid dienone is 5. The van der Waals surface area contributed by atoms with Gasteiger partial charge in [-0.2, -0.15) is 0 Å². The van der Waals surface area contributed by atoms with Crippen molar-refractivity contribution in [3.8, 4) is 0 Å². The first-order valence-electron chi connectivity index (χ1n) is 6.84. The van der Waals surface area contributed by atoms with Crippen LogP contribution in [-0.4, -0.2) is 30.1 Å². The summed E-state index contributed by atoms with van der Waals surface area (Å²) >= 11 is 0. The minimum absolute atomic E-state index is 0.0660. The van der Waals surface area contributed by atoms with Crippen molar-refractivity contribution in [3.63, 3.8) is 0 Å². The molecule has 0 aromatic rings. The molecule has 0 saturated carbocycles. The molecule has 1 aliphatic heterocycles. The fourth-order valence-electron chi connectivity index (χ4n) is 2.21. The fraction of sp³-hybridized carbons (Fsp3) is 0.471. The molecule has 1 aliphatic rings. The molecule has 0 bridgehead atoms. The molecule has 1 heterocycles. The molecule has 0 atom stereocenters. The maximum Gasteiger partial charge on any atom is 0.249 e. The van der Waals surface area contributed by atoms with Crippen LogP contribution in [-0.2, 0) is 4.79 Å². The maximum absolute atomic E-state index is 14.0. The van der Waals surface area contributed by atoms with Gasteiger partial charge in [-0.25, -0.2) is 4.39 Å². The zero-order chi connectivity index (χ0) is 15.5. The molecule has 20 heavy (non-hydrogen) atoms. The Balaban J connectivity index is 3.09. The van der Waals surface area contributed by atoms with Crippen LogP contribution >= 0.6 is 0 Å². The van der Waals surface area contributed by atoms with Crippen molar-refractivity contribution < 1.29 is 9.18 Å². The lowest BCUT2D eigenvalue weighted by atomic mass is 9.97. The van der Waals surface area contributed by atoms with Crippen LogP contribution in [0.1, 0.15) is 34.6 Å². The number of hydrogen-bond donors (Lipinski definition) is 0. The predicted molar refractivity (Wildman–Crippen MR) is 82.2 cm³/mol. The highest BCUT2D eigenvalue weighted by atomic mass is 19.1. The van der Waals surface area contributed by atoms with Crippen molar-refractivity contribution in [2.24, 2.45) is 0 Å². The van der Waals surface area contributed by atoms with Crippen LogP contribution in [0.15, 0.2) is 46.6 Å². The molecule has 2 nitrogen and oxygen atoms in total. The van der Waals surface area contributed by atoms with Gasteiger partial charge in [-0.15, -0.1) is 0 Å². The largest absolute Gasteiger partial charge is 0.338 e. The van der Waals surface area contributed by atoms with Gasteiger partial charge >= 0.3 is 0 Å². The number of likely N-dealkylation sites (N-methyl/N-ethyl adjacent to an activating group) is 1. The first-order chi connectivity index (χ1) is 9.18. The Morgan fingerprint density at radius 3 is 2.35 bits per heavy atom. The van der Waals surface area contributed by atoms with Gasteiger partial charge in [-0.05, 0) is 51.3 Å². The lowest BCUT2D eigenvalue weighted by Gasteiger charge is -2.15. The van der Waals surface area contributed by atoms with E-state index in [4.69, 9.17) is 0 Å². The summed E-state index contributed by atoms with van der Waals surface area (Å²) in [6.45, 7) is 9.37. The third-order valence-electron chi connectivity index (χ3n) is 3.54. The number of rotatable bonds is 4. The highest BCUT2D eigenvalue weighted by Crippen LogP contribution is 2.26. The number of carbonyl (C=O) groups excluding carboxylic acids is 1. The number of hydrogen-bond acceptors (Lipinski definition) is 1. The molecule has 0 radical (unpaired) electrons. The molecule has 0 fully saturated rings. The Bertz CT molecular complexity index is 516. The third kappa shape index (κ3) is 3.69. The number of nitrogens with zero attached hydrogens (tertiary/aromatic N) is 1. The Morgan fingerprint density at radius 1 is 1.35 bits per heavy atom. The number of amides is 1. The van der Waals surface area contributed by atoms with Crippen molar-refractivity contribution in [2.45, 2.75) is 40.3 Å². The van der Waals surface area contributed by atoms with Gasteiger partial charge in [0, 0.05) is 19.2 Å². The minimum Gasteiger partial charge on any atom is -0.338 e. The van der Waals surface area contributed by atoms with Crippen LogP contribution in [0.3, 0.4) is 0 Å². The van der Waals surface area contributed by atoms with E-state index in [2.05, 4.69) is 0 Å². The first kappa shape index (κ1) is 16.4. The van der Waals surface area contributed by atoms with E-state index in [-0.39, 0.29) is 5.91 Å². The van der Waals surface area contributed by atoms with E-state index in [1.54, 1.807) is 37.9 Å². The molecular formula is C17H24FNO. The van der Waals surface area contributed by atoms with Crippen molar-refractivity contribution >= 4 is 5.91 Å². The standard InChI is InChI=1S/C17H24FNO/c1-7-8-14(17(4,5)18)10-9-12(2)15-11-19(6)16(20)13(15)3/h7-10H,11H2,1-6H3/b8-7-,12-9+,14-10+. The van der Waals surface area contributed by atoms with Gasteiger partial charge in [0.15, 0.2) is 0 Å². The number of carbonyl (C=O) groups is 1. The Morgan fingerprint density at radius 2 is 1.95 bits per heavy atom. The van der Waals surface area contributed by atoms with Crippen LogP contribution in [0, 0.1) is 0 Å². The minimum atomic E-state index is -1.38. The Hall–Kier alpha value is -1.64. The molecule has 0 saturated heterocycles. The highest BCUT2D eigenvalue weighted by Gasteiger charge is 2.24. The van der Waals surface area contributed by atoms with Crippen molar-refractivity contribution in [2.75, 3.05) is 13.6 Å². The zero-order valence-corrected chi connectivity index (χ0v) is 13.2. The normalized spacial score (nSPS) is 18.8. The van der Waals surface area contributed by atoms with E-state index in [1.165, 1.54) is 0 Å². The van der Waals surface area contributed by atoms with Crippen LogP contribution < -0.4 is 0 Å². The van der Waals surface area contributed by atoms with Gasteiger partial charge < -0.3 is 4.90 Å². The second-order valence-corrected chi connectivity index (χ2v) is 5.71. The smallest absolute Gasteiger partial charge is 0.249 e. The first-order valence-corrected chi connectivity index (χ1v) is 6.84. The van der Waals surface area contributed by atoms with Gasteiger partial charge in [-0.1, -0.05) is 24.3 Å². The van der Waals surface area contributed by atoms with Gasteiger partial charge in [0.25, 0.3) is 0 Å². The van der Waals surface area contributed by atoms with Crippen molar-refractivity contribution in [1.82, 2.24) is 4.90 Å². The molecule has 0 N–H and O–H groups in total. The summed E-state index contributed by atoms with van der Waals surface area (Å²) in [5, 5.41) is 0. The summed E-state index contributed by atoms with van der Waals surface area (Å²) in [7, 11) is 1.79. The van der Waals surface area contributed by atoms with E-state index in [0.29, 0.717) is 12.1 Å². The summed E-state index contributed by atoms with van der Waals surface area (Å²) in [6.07, 6.45) is 7.28. The van der Waals surface area contributed by atoms with E-state index in [1.807, 2.05) is 32.9 Å². The van der Waals surface area contributed by atoms with Crippen molar-refractivity contribution in [3.05, 3.63) is 46.6 Å². The second-order valence-electron chi connectivity index (χ2n) is 5.71. The van der Waals surface area contributed by atoms with Gasteiger partial charge in [-0.3, -0.25) is 4.79 Å². The molecule has 110 valence electrons. The topological polar surface area (TPSA) is 20.3 Å². The van der Waals surface area contributed by atoms with Crippen LogP contribution in [0.25, 0.3) is 0 Å². The van der Waals surface area contributed by atoms with Gasteiger partial charge in [0.2, 0.25) is 5.91 Å². The van der Waals surface area contributed by atoms with Gasteiger partial charge in [0.1, 0.15) is 5.67 Å². The zero-order valence-electron chi connectivity index (χ0n) is 13.2. The Kier molecular flexibility index (Phi) is 5.09. The summed E-state index contributed by atoms with van der Waals surface area (Å²) in [5.74, 6) is 0.0660.